The van der Waals surface area contributed by atoms with Crippen LogP contribution in [0.4, 0.5) is 5.82 Å². The lowest BCUT2D eigenvalue weighted by Crippen LogP contribution is -2.48. The van der Waals surface area contributed by atoms with Crippen LogP contribution in [0, 0.1) is 17.8 Å². The molecule has 0 radical (unpaired) electrons. The molecule has 4 aliphatic carbocycles. The highest BCUT2D eigenvalue weighted by Crippen LogP contribution is 2.60. The molecule has 0 unspecified atom stereocenters. The van der Waals surface area contributed by atoms with E-state index in [9.17, 15) is 9.59 Å². The van der Waals surface area contributed by atoms with E-state index in [0.717, 1.165) is 17.8 Å². The Labute approximate surface area is 210 Å². The Morgan fingerprint density at radius 2 is 1.72 bits per heavy atom. The molecule has 4 bridgehead atoms. The monoisotopic (exact) mass is 485 g/mol. The number of benzene rings is 1. The molecule has 186 valence electrons. The molecule has 7 rings (SSSR count). The standard InChI is InChI=1S/C29H31N3O4/c33-27(32-26-13-22(7-8-30-26)28(34)31-17-25-2-1-9-35-25)18-36-24-5-3-23(4-6-24)29-14-19-10-20(15-29)12-21(11-19)16-29/h1-9,13,19-21H,10-12,14-18H2,(H,31,34)(H,30,32,33). The third-order valence-corrected chi connectivity index (χ3v) is 8.17. The number of anilines is 1. The maximum atomic E-state index is 12.5. The summed E-state index contributed by atoms with van der Waals surface area (Å²) in [5, 5.41) is 5.48. The lowest BCUT2D eigenvalue weighted by molar-refractivity contribution is -0.118. The molecule has 36 heavy (non-hydrogen) atoms. The van der Waals surface area contributed by atoms with Crippen LogP contribution in [0.2, 0.25) is 0 Å². The fourth-order valence-electron chi connectivity index (χ4n) is 7.02. The summed E-state index contributed by atoms with van der Waals surface area (Å²) in [6.45, 7) is 0.151. The van der Waals surface area contributed by atoms with E-state index in [1.54, 1.807) is 24.5 Å². The van der Waals surface area contributed by atoms with Crippen molar-refractivity contribution >= 4 is 17.6 Å². The number of hydrogen-bond acceptors (Lipinski definition) is 5. The second kappa shape index (κ2) is 9.45. The van der Waals surface area contributed by atoms with Gasteiger partial charge in [-0.25, -0.2) is 4.98 Å². The normalized spacial score (nSPS) is 25.9. The highest BCUT2D eigenvalue weighted by atomic mass is 16.5. The number of carbonyl (C=O) groups is 2. The van der Waals surface area contributed by atoms with Gasteiger partial charge in [-0.3, -0.25) is 9.59 Å². The molecule has 1 aromatic carbocycles. The second-order valence-corrected chi connectivity index (χ2v) is 10.8. The molecule has 0 aliphatic heterocycles. The van der Waals surface area contributed by atoms with Gasteiger partial charge in [0, 0.05) is 11.8 Å². The van der Waals surface area contributed by atoms with Crippen LogP contribution >= 0.6 is 0 Å². The number of hydrogen-bond donors (Lipinski definition) is 2. The Hall–Kier alpha value is -3.61. The van der Waals surface area contributed by atoms with Crippen molar-refractivity contribution in [1.29, 1.82) is 0 Å². The van der Waals surface area contributed by atoms with Crippen molar-refractivity contribution < 1.29 is 18.7 Å². The molecule has 2 N–H and O–H groups in total. The molecule has 0 spiro atoms. The highest BCUT2D eigenvalue weighted by molar-refractivity contribution is 5.96. The Bertz CT molecular complexity index is 1200. The number of carbonyl (C=O) groups excluding carboxylic acids is 2. The predicted octanol–water partition coefficient (Wildman–Crippen LogP) is 5.09. The number of nitrogens with zero attached hydrogens (tertiary/aromatic N) is 1. The summed E-state index contributed by atoms with van der Waals surface area (Å²) in [5.41, 5.74) is 2.18. The lowest BCUT2D eigenvalue weighted by Gasteiger charge is -2.57. The Morgan fingerprint density at radius 3 is 2.39 bits per heavy atom. The maximum absolute atomic E-state index is 12.5. The maximum Gasteiger partial charge on any atom is 0.263 e. The average molecular weight is 486 g/mol. The van der Waals surface area contributed by atoms with Gasteiger partial charge in [0.2, 0.25) is 0 Å². The van der Waals surface area contributed by atoms with Crippen molar-refractivity contribution in [3.63, 3.8) is 0 Å². The Morgan fingerprint density at radius 1 is 1.00 bits per heavy atom. The van der Waals surface area contributed by atoms with E-state index in [-0.39, 0.29) is 25.0 Å². The van der Waals surface area contributed by atoms with Crippen molar-refractivity contribution in [3.05, 3.63) is 77.9 Å². The molecule has 0 atom stereocenters. The summed E-state index contributed by atoms with van der Waals surface area (Å²) >= 11 is 0. The van der Waals surface area contributed by atoms with Crippen LogP contribution in [-0.2, 0) is 16.8 Å². The number of rotatable bonds is 8. The first-order chi connectivity index (χ1) is 17.5. The lowest BCUT2D eigenvalue weighted by atomic mass is 9.48. The van der Waals surface area contributed by atoms with Gasteiger partial charge in [-0.05, 0) is 104 Å². The molecular weight excluding hydrogens is 454 g/mol. The molecule has 4 saturated carbocycles. The molecule has 4 fully saturated rings. The molecule has 7 nitrogen and oxygen atoms in total. The molecule has 7 heteroatoms. The first kappa shape index (κ1) is 22.8. The number of nitrogens with one attached hydrogen (secondary N) is 2. The topological polar surface area (TPSA) is 93.5 Å². The van der Waals surface area contributed by atoms with Crippen molar-refractivity contribution in [3.8, 4) is 5.75 Å². The number of aromatic nitrogens is 1. The molecule has 0 saturated heterocycles. The Balaban J connectivity index is 1.02. The SMILES string of the molecule is O=C(COc1ccc(C23CC4CC(CC(C4)C2)C3)cc1)Nc1cc(C(=O)NCc2ccco2)ccn1. The third kappa shape index (κ3) is 4.74. The highest BCUT2D eigenvalue weighted by Gasteiger charge is 2.51. The average Bonchev–Trinajstić information content (AvgIpc) is 3.39. The fourth-order valence-corrected chi connectivity index (χ4v) is 7.02. The van der Waals surface area contributed by atoms with E-state index < -0.39 is 0 Å². The minimum Gasteiger partial charge on any atom is -0.484 e. The van der Waals surface area contributed by atoms with Gasteiger partial charge in [0.1, 0.15) is 17.3 Å². The second-order valence-electron chi connectivity index (χ2n) is 10.8. The van der Waals surface area contributed by atoms with Crippen LogP contribution in [-0.4, -0.2) is 23.4 Å². The zero-order valence-corrected chi connectivity index (χ0v) is 20.2. The summed E-state index contributed by atoms with van der Waals surface area (Å²) in [5.74, 6) is 3.75. The molecule has 2 heterocycles. The van der Waals surface area contributed by atoms with E-state index >= 15 is 0 Å². The number of ether oxygens (including phenoxy) is 1. The summed E-state index contributed by atoms with van der Waals surface area (Å²) in [4.78, 5) is 29.0. The van der Waals surface area contributed by atoms with Crippen molar-refractivity contribution in [2.24, 2.45) is 17.8 Å². The van der Waals surface area contributed by atoms with Gasteiger partial charge < -0.3 is 19.8 Å². The summed E-state index contributed by atoms with van der Waals surface area (Å²) in [7, 11) is 0. The smallest absolute Gasteiger partial charge is 0.263 e. The zero-order chi connectivity index (χ0) is 24.5. The third-order valence-electron chi connectivity index (χ3n) is 8.17. The Kier molecular flexibility index (Phi) is 5.99. The van der Waals surface area contributed by atoms with E-state index in [0.29, 0.717) is 28.3 Å². The number of pyridine rings is 1. The number of amides is 2. The van der Waals surface area contributed by atoms with E-state index in [1.165, 1.54) is 56.4 Å². The van der Waals surface area contributed by atoms with Crippen LogP contribution in [0.3, 0.4) is 0 Å². The fraction of sp³-hybridized carbons (Fsp3) is 0.414. The minimum atomic E-state index is -0.333. The zero-order valence-electron chi connectivity index (χ0n) is 20.2. The van der Waals surface area contributed by atoms with Crippen molar-refractivity contribution in [2.75, 3.05) is 11.9 Å². The van der Waals surface area contributed by atoms with Gasteiger partial charge in [0.05, 0.1) is 12.8 Å². The first-order valence-electron chi connectivity index (χ1n) is 12.8. The first-order valence-corrected chi connectivity index (χ1v) is 12.8. The molecule has 2 aromatic heterocycles. The van der Waals surface area contributed by atoms with Crippen LogP contribution in [0.1, 0.15) is 60.2 Å². The quantitative estimate of drug-likeness (QED) is 0.464. The van der Waals surface area contributed by atoms with Gasteiger partial charge in [-0.1, -0.05) is 12.1 Å². The van der Waals surface area contributed by atoms with Gasteiger partial charge in [-0.2, -0.15) is 0 Å². The molecule has 4 aliphatic rings. The summed E-state index contributed by atoms with van der Waals surface area (Å²) in [6.07, 6.45) is 11.3. The van der Waals surface area contributed by atoms with E-state index in [4.69, 9.17) is 9.15 Å². The van der Waals surface area contributed by atoms with Gasteiger partial charge >= 0.3 is 0 Å². The van der Waals surface area contributed by atoms with Crippen LogP contribution in [0.15, 0.2) is 65.4 Å². The van der Waals surface area contributed by atoms with Crippen LogP contribution in [0.5, 0.6) is 5.75 Å². The largest absolute Gasteiger partial charge is 0.484 e. The summed E-state index contributed by atoms with van der Waals surface area (Å²) < 4.78 is 11.0. The van der Waals surface area contributed by atoms with Crippen molar-refractivity contribution in [1.82, 2.24) is 10.3 Å². The van der Waals surface area contributed by atoms with Crippen LogP contribution in [0.25, 0.3) is 0 Å². The van der Waals surface area contributed by atoms with Crippen LogP contribution < -0.4 is 15.4 Å². The number of furan rings is 1. The van der Waals surface area contributed by atoms with E-state index in [2.05, 4.69) is 27.8 Å². The van der Waals surface area contributed by atoms with Gasteiger partial charge in [0.25, 0.3) is 11.8 Å². The molecule has 3 aromatic rings. The van der Waals surface area contributed by atoms with E-state index in [1.807, 2.05) is 12.1 Å². The van der Waals surface area contributed by atoms with Gasteiger partial charge in [0.15, 0.2) is 6.61 Å². The molecule has 2 amide bonds. The van der Waals surface area contributed by atoms with Crippen molar-refractivity contribution in [2.45, 2.75) is 50.5 Å². The minimum absolute atomic E-state index is 0.132. The van der Waals surface area contributed by atoms with Gasteiger partial charge in [-0.15, -0.1) is 0 Å². The molecular formula is C29H31N3O4. The predicted molar refractivity (Wildman–Crippen MR) is 135 cm³/mol. The summed E-state index contributed by atoms with van der Waals surface area (Å²) in [6, 6.07) is 15.1.